The van der Waals surface area contributed by atoms with Gasteiger partial charge in [0.2, 0.25) is 0 Å². The van der Waals surface area contributed by atoms with Gasteiger partial charge in [-0.25, -0.2) is 0 Å². The van der Waals surface area contributed by atoms with Crippen molar-refractivity contribution in [2.24, 2.45) is 5.92 Å². The molecule has 0 spiro atoms. The summed E-state index contributed by atoms with van der Waals surface area (Å²) in [7, 11) is 0. The summed E-state index contributed by atoms with van der Waals surface area (Å²) >= 11 is 0. The summed E-state index contributed by atoms with van der Waals surface area (Å²) in [5.41, 5.74) is 1.11. The molecule has 3 heteroatoms. The van der Waals surface area contributed by atoms with Gasteiger partial charge in [-0.2, -0.15) is 5.10 Å². The van der Waals surface area contributed by atoms with E-state index in [0.717, 1.165) is 12.2 Å². The van der Waals surface area contributed by atoms with E-state index in [4.69, 9.17) is 0 Å². The Bertz CT molecular complexity index is 250. The number of hydrogen-bond donors (Lipinski definition) is 1. The highest BCUT2D eigenvalue weighted by Gasteiger charge is 2.01. The van der Waals surface area contributed by atoms with E-state index in [0.29, 0.717) is 12.0 Å². The first kappa shape index (κ1) is 10.1. The maximum atomic E-state index is 4.25. The monoisotopic (exact) mass is 181 g/mol. The van der Waals surface area contributed by atoms with E-state index in [1.54, 1.807) is 0 Å². The van der Waals surface area contributed by atoms with E-state index in [1.807, 2.05) is 17.1 Å². The van der Waals surface area contributed by atoms with Gasteiger partial charge in [0, 0.05) is 18.8 Å². The van der Waals surface area contributed by atoms with Crippen molar-refractivity contribution in [3.8, 4) is 0 Å². The molecule has 0 saturated carbocycles. The van der Waals surface area contributed by atoms with Crippen LogP contribution in [-0.4, -0.2) is 16.3 Å². The van der Waals surface area contributed by atoms with Crippen molar-refractivity contribution in [2.45, 2.75) is 33.7 Å². The topological polar surface area (TPSA) is 29.9 Å². The van der Waals surface area contributed by atoms with E-state index in [9.17, 15) is 0 Å². The summed E-state index contributed by atoms with van der Waals surface area (Å²) in [5.74, 6) is 0.669. The summed E-state index contributed by atoms with van der Waals surface area (Å²) in [6, 6.07) is 0.439. The molecule has 1 rings (SSSR count). The molecule has 3 nitrogen and oxygen atoms in total. The van der Waals surface area contributed by atoms with Crippen molar-refractivity contribution in [2.75, 3.05) is 11.9 Å². The van der Waals surface area contributed by atoms with E-state index in [1.165, 1.54) is 0 Å². The van der Waals surface area contributed by atoms with Crippen LogP contribution in [0.15, 0.2) is 12.4 Å². The van der Waals surface area contributed by atoms with E-state index in [2.05, 4.69) is 38.1 Å². The Morgan fingerprint density at radius 2 is 2.08 bits per heavy atom. The lowest BCUT2D eigenvalue weighted by atomic mass is 10.2. The lowest BCUT2D eigenvalue weighted by molar-refractivity contribution is 0.532. The first-order valence-corrected chi connectivity index (χ1v) is 4.87. The molecule has 0 aliphatic heterocycles. The number of nitrogens with one attached hydrogen (secondary N) is 1. The summed E-state index contributed by atoms with van der Waals surface area (Å²) < 4.78 is 1.96. The van der Waals surface area contributed by atoms with Crippen LogP contribution in [0.3, 0.4) is 0 Å². The van der Waals surface area contributed by atoms with Crippen LogP contribution in [0.5, 0.6) is 0 Å². The molecule has 1 aromatic heterocycles. The molecule has 0 amide bonds. The second-order valence-corrected chi connectivity index (χ2v) is 4.08. The van der Waals surface area contributed by atoms with Gasteiger partial charge in [0.25, 0.3) is 0 Å². The maximum absolute atomic E-state index is 4.25. The molecule has 0 bridgehead atoms. The van der Waals surface area contributed by atoms with Gasteiger partial charge >= 0.3 is 0 Å². The zero-order valence-electron chi connectivity index (χ0n) is 8.91. The van der Waals surface area contributed by atoms with Crippen LogP contribution in [0.1, 0.15) is 33.7 Å². The molecule has 1 aromatic rings. The summed E-state index contributed by atoms with van der Waals surface area (Å²) in [6.45, 7) is 9.64. The number of nitrogens with zero attached hydrogens (tertiary/aromatic N) is 2. The molecule has 1 heterocycles. The number of aromatic nitrogens is 2. The Hall–Kier alpha value is -0.990. The van der Waals surface area contributed by atoms with Gasteiger partial charge in [0.05, 0.1) is 11.9 Å². The van der Waals surface area contributed by atoms with Crippen molar-refractivity contribution in [3.63, 3.8) is 0 Å². The van der Waals surface area contributed by atoms with Crippen molar-refractivity contribution in [1.82, 2.24) is 9.78 Å². The zero-order valence-corrected chi connectivity index (χ0v) is 8.91. The van der Waals surface area contributed by atoms with Crippen LogP contribution >= 0.6 is 0 Å². The van der Waals surface area contributed by atoms with Crippen LogP contribution in [0.25, 0.3) is 0 Å². The van der Waals surface area contributed by atoms with Crippen molar-refractivity contribution < 1.29 is 0 Å². The number of hydrogen-bond acceptors (Lipinski definition) is 2. The largest absolute Gasteiger partial charge is 0.382 e. The minimum Gasteiger partial charge on any atom is -0.382 e. The van der Waals surface area contributed by atoms with E-state index >= 15 is 0 Å². The molecule has 0 aromatic carbocycles. The van der Waals surface area contributed by atoms with Crippen molar-refractivity contribution in [3.05, 3.63) is 12.4 Å². The SMILES string of the molecule is CC(C)CNc1cnn(C(C)C)c1. The highest BCUT2D eigenvalue weighted by Crippen LogP contribution is 2.10. The lowest BCUT2D eigenvalue weighted by Gasteiger charge is -2.06. The molecule has 0 aliphatic carbocycles. The highest BCUT2D eigenvalue weighted by atomic mass is 15.3. The molecular formula is C10H19N3. The van der Waals surface area contributed by atoms with Crippen LogP contribution in [0.4, 0.5) is 5.69 Å². The zero-order chi connectivity index (χ0) is 9.84. The van der Waals surface area contributed by atoms with Gasteiger partial charge in [-0.15, -0.1) is 0 Å². The fourth-order valence-corrected chi connectivity index (χ4v) is 1.03. The standard InChI is InChI=1S/C10H19N3/c1-8(2)5-11-10-6-12-13(7-10)9(3)4/h6-9,11H,5H2,1-4H3. The third kappa shape index (κ3) is 3.09. The molecular weight excluding hydrogens is 162 g/mol. The molecule has 0 unspecified atom stereocenters. The van der Waals surface area contributed by atoms with Gasteiger partial charge in [-0.05, 0) is 19.8 Å². The Balaban J connectivity index is 2.49. The third-order valence-electron chi connectivity index (χ3n) is 1.85. The number of anilines is 1. The predicted octanol–water partition coefficient (Wildman–Crippen LogP) is 2.53. The van der Waals surface area contributed by atoms with Gasteiger partial charge in [-0.3, -0.25) is 4.68 Å². The summed E-state index contributed by atoms with van der Waals surface area (Å²) in [5, 5.41) is 7.58. The second kappa shape index (κ2) is 4.30. The van der Waals surface area contributed by atoms with Crippen LogP contribution in [0, 0.1) is 5.92 Å². The third-order valence-corrected chi connectivity index (χ3v) is 1.85. The normalized spacial score (nSPS) is 11.2. The fourth-order valence-electron chi connectivity index (χ4n) is 1.03. The first-order chi connectivity index (χ1) is 6.09. The molecule has 0 radical (unpaired) electrons. The number of rotatable bonds is 4. The molecule has 0 aliphatic rings. The smallest absolute Gasteiger partial charge is 0.0726 e. The van der Waals surface area contributed by atoms with Crippen molar-refractivity contribution >= 4 is 5.69 Å². The molecule has 13 heavy (non-hydrogen) atoms. The summed E-state index contributed by atoms with van der Waals surface area (Å²) in [4.78, 5) is 0. The molecule has 0 fully saturated rings. The van der Waals surface area contributed by atoms with E-state index < -0.39 is 0 Å². The minimum absolute atomic E-state index is 0.439. The van der Waals surface area contributed by atoms with Gasteiger partial charge in [0.15, 0.2) is 0 Å². The van der Waals surface area contributed by atoms with Crippen LogP contribution in [-0.2, 0) is 0 Å². The lowest BCUT2D eigenvalue weighted by Crippen LogP contribution is -2.07. The van der Waals surface area contributed by atoms with Gasteiger partial charge < -0.3 is 5.32 Å². The quantitative estimate of drug-likeness (QED) is 0.773. The summed E-state index contributed by atoms with van der Waals surface area (Å²) in [6.07, 6.45) is 3.93. The van der Waals surface area contributed by atoms with Crippen molar-refractivity contribution in [1.29, 1.82) is 0 Å². The molecule has 1 N–H and O–H groups in total. The van der Waals surface area contributed by atoms with Crippen LogP contribution in [0.2, 0.25) is 0 Å². The average molecular weight is 181 g/mol. The Morgan fingerprint density at radius 3 is 2.54 bits per heavy atom. The van der Waals surface area contributed by atoms with Gasteiger partial charge in [0.1, 0.15) is 0 Å². The molecule has 0 atom stereocenters. The Morgan fingerprint density at radius 1 is 1.38 bits per heavy atom. The Kier molecular flexibility index (Phi) is 3.34. The van der Waals surface area contributed by atoms with E-state index in [-0.39, 0.29) is 0 Å². The molecule has 0 saturated heterocycles. The first-order valence-electron chi connectivity index (χ1n) is 4.87. The molecule has 74 valence electrons. The Labute approximate surface area is 80.1 Å². The average Bonchev–Trinajstić information content (AvgIpc) is 2.48. The highest BCUT2D eigenvalue weighted by molar-refractivity contribution is 5.38. The fraction of sp³-hybridized carbons (Fsp3) is 0.700. The van der Waals surface area contributed by atoms with Crippen LogP contribution < -0.4 is 5.32 Å². The minimum atomic E-state index is 0.439. The predicted molar refractivity (Wildman–Crippen MR) is 55.9 cm³/mol. The maximum Gasteiger partial charge on any atom is 0.0726 e. The second-order valence-electron chi connectivity index (χ2n) is 4.08. The van der Waals surface area contributed by atoms with Gasteiger partial charge in [-0.1, -0.05) is 13.8 Å².